The smallest absolute Gasteiger partial charge is 0.233 e. The lowest BCUT2D eigenvalue weighted by Crippen LogP contribution is -2.43. The largest absolute Gasteiger partial charge is 0.341 e. The highest BCUT2D eigenvalue weighted by Crippen LogP contribution is 2.30. The average Bonchev–Trinajstić information content (AvgIpc) is 3.16. The first-order chi connectivity index (χ1) is 14.9. The molecule has 7 heteroatoms. The quantitative estimate of drug-likeness (QED) is 0.478. The number of para-hydroxylation sites is 1. The molecule has 2 aromatic carbocycles. The molecular formula is C24H27ClN4OS. The average molecular weight is 455 g/mol. The van der Waals surface area contributed by atoms with Crippen LogP contribution >= 0.6 is 23.4 Å². The monoisotopic (exact) mass is 454 g/mol. The zero-order chi connectivity index (χ0) is 22.0. The topological polar surface area (TPSA) is 51.0 Å². The van der Waals surface area contributed by atoms with E-state index in [0.29, 0.717) is 27.8 Å². The molecule has 0 spiro atoms. The maximum atomic E-state index is 12.9. The van der Waals surface area contributed by atoms with Crippen molar-refractivity contribution < 1.29 is 4.79 Å². The summed E-state index contributed by atoms with van der Waals surface area (Å²) in [6, 6.07) is 15.7. The van der Waals surface area contributed by atoms with Crippen LogP contribution in [0, 0.1) is 18.8 Å². The maximum absolute atomic E-state index is 12.9. The van der Waals surface area contributed by atoms with Crippen LogP contribution in [0.25, 0.3) is 17.1 Å². The van der Waals surface area contributed by atoms with Crippen LogP contribution < -0.4 is 0 Å². The minimum atomic E-state index is 0.163. The molecule has 1 fully saturated rings. The number of hydrogen-bond donors (Lipinski definition) is 0. The molecule has 162 valence electrons. The van der Waals surface area contributed by atoms with Gasteiger partial charge in [0.1, 0.15) is 0 Å². The molecular weight excluding hydrogens is 428 g/mol. The zero-order valence-electron chi connectivity index (χ0n) is 18.1. The minimum absolute atomic E-state index is 0.163. The van der Waals surface area contributed by atoms with Crippen molar-refractivity contribution in [3.63, 3.8) is 0 Å². The molecule has 0 aliphatic carbocycles. The number of aromatic nitrogens is 3. The van der Waals surface area contributed by atoms with E-state index in [1.165, 1.54) is 18.2 Å². The second-order valence-corrected chi connectivity index (χ2v) is 9.85. The second kappa shape index (κ2) is 9.45. The predicted octanol–water partition coefficient (Wildman–Crippen LogP) is 5.49. The molecule has 31 heavy (non-hydrogen) atoms. The van der Waals surface area contributed by atoms with Crippen LogP contribution in [-0.2, 0) is 4.79 Å². The minimum Gasteiger partial charge on any atom is -0.341 e. The van der Waals surface area contributed by atoms with Gasteiger partial charge in [0.05, 0.1) is 11.4 Å². The zero-order valence-corrected chi connectivity index (χ0v) is 19.7. The van der Waals surface area contributed by atoms with E-state index < -0.39 is 0 Å². The van der Waals surface area contributed by atoms with Crippen molar-refractivity contribution in [2.24, 2.45) is 11.8 Å². The molecule has 1 aromatic heterocycles. The Morgan fingerprint density at radius 1 is 1.06 bits per heavy atom. The molecule has 3 aromatic rings. The summed E-state index contributed by atoms with van der Waals surface area (Å²) in [5.41, 5.74) is 3.05. The molecule has 0 bridgehead atoms. The Morgan fingerprint density at radius 2 is 1.74 bits per heavy atom. The third-order valence-corrected chi connectivity index (χ3v) is 6.80. The Hall–Kier alpha value is -2.31. The summed E-state index contributed by atoms with van der Waals surface area (Å²) >= 11 is 7.52. The van der Waals surface area contributed by atoms with Gasteiger partial charge in [-0.3, -0.25) is 9.36 Å². The normalized spacial score (nSPS) is 18.9. The summed E-state index contributed by atoms with van der Waals surface area (Å²) in [5, 5.41) is 10.3. The van der Waals surface area contributed by atoms with E-state index in [9.17, 15) is 4.79 Å². The van der Waals surface area contributed by atoms with Gasteiger partial charge in [0, 0.05) is 23.7 Å². The molecule has 0 saturated carbocycles. The fourth-order valence-corrected chi connectivity index (χ4v) is 5.24. The van der Waals surface area contributed by atoms with Crippen molar-refractivity contribution in [3.05, 3.63) is 59.1 Å². The highest BCUT2D eigenvalue weighted by Gasteiger charge is 2.26. The lowest BCUT2D eigenvalue weighted by Gasteiger charge is -2.35. The van der Waals surface area contributed by atoms with Crippen molar-refractivity contribution in [2.45, 2.75) is 32.3 Å². The number of carbonyl (C=O) groups is 1. The van der Waals surface area contributed by atoms with Gasteiger partial charge < -0.3 is 4.90 Å². The first-order valence-corrected chi connectivity index (χ1v) is 12.0. The molecule has 1 saturated heterocycles. The Kier molecular flexibility index (Phi) is 6.68. The Morgan fingerprint density at radius 3 is 2.42 bits per heavy atom. The third-order valence-electron chi connectivity index (χ3n) is 5.64. The number of benzene rings is 2. The van der Waals surface area contributed by atoms with Crippen LogP contribution in [0.4, 0.5) is 0 Å². The summed E-state index contributed by atoms with van der Waals surface area (Å²) in [4.78, 5) is 14.9. The van der Waals surface area contributed by atoms with Crippen molar-refractivity contribution in [1.82, 2.24) is 19.7 Å². The number of aryl methyl sites for hydroxylation is 1. The van der Waals surface area contributed by atoms with Crippen LogP contribution in [0.5, 0.6) is 0 Å². The summed E-state index contributed by atoms with van der Waals surface area (Å²) < 4.78 is 2.04. The molecule has 0 N–H and O–H groups in total. The highest BCUT2D eigenvalue weighted by atomic mass is 35.5. The standard InChI is InChI=1S/C24H27ClN4OS/c1-16-12-17(2)14-28(13-16)22(30)15-31-24-27-26-23(19-8-10-20(25)11-9-19)29(24)21-7-5-4-6-18(21)3/h4-11,16-17H,12-15H2,1-3H3. The Bertz CT molecular complexity index is 1060. The Balaban J connectivity index is 1.63. The van der Waals surface area contributed by atoms with Crippen molar-refractivity contribution in [2.75, 3.05) is 18.8 Å². The van der Waals surface area contributed by atoms with Crippen molar-refractivity contribution in [3.8, 4) is 17.1 Å². The van der Waals surface area contributed by atoms with E-state index in [1.807, 2.05) is 45.9 Å². The molecule has 2 heterocycles. The van der Waals surface area contributed by atoms with Gasteiger partial charge in [-0.2, -0.15) is 0 Å². The van der Waals surface area contributed by atoms with E-state index in [2.05, 4.69) is 43.1 Å². The second-order valence-electron chi connectivity index (χ2n) is 8.47. The number of hydrogen-bond acceptors (Lipinski definition) is 4. The van der Waals surface area contributed by atoms with E-state index in [1.54, 1.807) is 0 Å². The molecule has 1 aliphatic rings. The Labute approximate surface area is 192 Å². The van der Waals surface area contributed by atoms with Gasteiger partial charge >= 0.3 is 0 Å². The number of amides is 1. The van der Waals surface area contributed by atoms with Crippen LogP contribution in [0.2, 0.25) is 5.02 Å². The van der Waals surface area contributed by atoms with Crippen LogP contribution in [0.1, 0.15) is 25.8 Å². The third kappa shape index (κ3) is 4.96. The molecule has 0 radical (unpaired) electrons. The number of likely N-dealkylation sites (tertiary alicyclic amines) is 1. The molecule has 2 atom stereocenters. The van der Waals surface area contributed by atoms with E-state index in [4.69, 9.17) is 11.6 Å². The fourth-order valence-electron chi connectivity index (χ4n) is 4.26. The van der Waals surface area contributed by atoms with Gasteiger partial charge in [0.25, 0.3) is 0 Å². The summed E-state index contributed by atoms with van der Waals surface area (Å²) in [6.07, 6.45) is 1.18. The van der Waals surface area contributed by atoms with Gasteiger partial charge in [-0.25, -0.2) is 0 Å². The van der Waals surface area contributed by atoms with E-state index in [-0.39, 0.29) is 5.91 Å². The van der Waals surface area contributed by atoms with E-state index >= 15 is 0 Å². The van der Waals surface area contributed by atoms with Crippen molar-refractivity contribution in [1.29, 1.82) is 0 Å². The number of thioether (sulfide) groups is 1. The van der Waals surface area contributed by atoms with Gasteiger partial charge in [-0.15, -0.1) is 10.2 Å². The van der Waals surface area contributed by atoms with Gasteiger partial charge in [0.15, 0.2) is 11.0 Å². The number of piperidine rings is 1. The fraction of sp³-hybridized carbons (Fsp3) is 0.375. The van der Waals surface area contributed by atoms with E-state index in [0.717, 1.165) is 35.7 Å². The molecule has 1 aliphatic heterocycles. The van der Waals surface area contributed by atoms with Crippen LogP contribution in [-0.4, -0.2) is 44.4 Å². The molecule has 5 nitrogen and oxygen atoms in total. The summed E-state index contributed by atoms with van der Waals surface area (Å²) in [7, 11) is 0. The highest BCUT2D eigenvalue weighted by molar-refractivity contribution is 7.99. The van der Waals surface area contributed by atoms with Gasteiger partial charge in [-0.1, -0.05) is 55.4 Å². The SMILES string of the molecule is Cc1ccccc1-n1c(SCC(=O)N2CC(C)CC(C)C2)nnc1-c1ccc(Cl)cc1. The van der Waals surface area contributed by atoms with Crippen LogP contribution in [0.3, 0.4) is 0 Å². The van der Waals surface area contributed by atoms with Gasteiger partial charge in [0.2, 0.25) is 5.91 Å². The summed E-state index contributed by atoms with van der Waals surface area (Å²) in [6.45, 7) is 8.18. The summed E-state index contributed by atoms with van der Waals surface area (Å²) in [5.74, 6) is 2.34. The predicted molar refractivity (Wildman–Crippen MR) is 127 cm³/mol. The van der Waals surface area contributed by atoms with Gasteiger partial charge in [-0.05, 0) is 61.1 Å². The maximum Gasteiger partial charge on any atom is 0.233 e. The van der Waals surface area contributed by atoms with Crippen LogP contribution in [0.15, 0.2) is 53.7 Å². The number of halogens is 1. The first-order valence-electron chi connectivity index (χ1n) is 10.6. The molecule has 2 unspecified atom stereocenters. The molecule has 4 rings (SSSR count). The molecule has 1 amide bonds. The lowest BCUT2D eigenvalue weighted by atomic mass is 9.92. The number of carbonyl (C=O) groups excluding carboxylic acids is 1. The lowest BCUT2D eigenvalue weighted by molar-refractivity contribution is -0.130. The number of rotatable bonds is 5. The van der Waals surface area contributed by atoms with Crippen molar-refractivity contribution >= 4 is 29.3 Å². The number of nitrogens with zero attached hydrogens (tertiary/aromatic N) is 4. The first kappa shape index (κ1) is 21.9.